The summed E-state index contributed by atoms with van der Waals surface area (Å²) < 4.78 is 13.3. The van der Waals surface area contributed by atoms with Crippen molar-refractivity contribution in [3.8, 4) is 11.3 Å². The molecule has 166 valence electrons. The van der Waals surface area contributed by atoms with Crippen molar-refractivity contribution in [3.63, 3.8) is 0 Å². The van der Waals surface area contributed by atoms with E-state index in [2.05, 4.69) is 21.0 Å². The molecule has 7 nitrogen and oxygen atoms in total. The number of nitrogens with one attached hydrogen (secondary N) is 3. The molecule has 1 aliphatic rings. The zero-order chi connectivity index (χ0) is 22.3. The Morgan fingerprint density at radius 3 is 2.44 bits per heavy atom. The van der Waals surface area contributed by atoms with E-state index in [1.165, 1.54) is 29.9 Å². The van der Waals surface area contributed by atoms with Crippen LogP contribution in [0, 0.1) is 5.82 Å². The number of carbonyl (C=O) groups excluding carboxylic acids is 2. The van der Waals surface area contributed by atoms with Crippen molar-refractivity contribution in [2.75, 3.05) is 10.3 Å². The summed E-state index contributed by atoms with van der Waals surface area (Å²) in [5, 5.41) is 8.86. The predicted molar refractivity (Wildman–Crippen MR) is 124 cm³/mol. The van der Waals surface area contributed by atoms with Crippen LogP contribution in [0.1, 0.15) is 32.1 Å². The number of aromatic nitrogens is 1. The molecule has 0 saturated heterocycles. The van der Waals surface area contributed by atoms with Gasteiger partial charge in [-0.3, -0.25) is 0 Å². The second kappa shape index (κ2) is 10.2. The number of hydrazine groups is 1. The summed E-state index contributed by atoms with van der Waals surface area (Å²) in [5.74, 6) is -0.339. The number of halogens is 1. The van der Waals surface area contributed by atoms with E-state index in [9.17, 15) is 14.0 Å². The Hall–Kier alpha value is -3.46. The molecule has 3 aromatic rings. The molecule has 1 fully saturated rings. The highest BCUT2D eigenvalue weighted by molar-refractivity contribution is 7.14. The van der Waals surface area contributed by atoms with Gasteiger partial charge >= 0.3 is 12.1 Å². The normalized spacial score (nSPS) is 13.9. The van der Waals surface area contributed by atoms with Crippen LogP contribution in [0.2, 0.25) is 0 Å². The summed E-state index contributed by atoms with van der Waals surface area (Å²) in [4.78, 5) is 30.2. The maximum Gasteiger partial charge on any atom is 0.347 e. The van der Waals surface area contributed by atoms with Gasteiger partial charge in [0.15, 0.2) is 0 Å². The molecular weight excluding hydrogens is 429 g/mol. The fraction of sp³-hybridized carbons (Fsp3) is 0.261. The van der Waals surface area contributed by atoms with Crippen molar-refractivity contribution in [3.05, 3.63) is 65.8 Å². The molecule has 0 spiro atoms. The first-order valence-electron chi connectivity index (χ1n) is 10.5. The van der Waals surface area contributed by atoms with Crippen molar-refractivity contribution in [1.82, 2.24) is 15.7 Å². The first kappa shape index (κ1) is 21.8. The number of benzene rings is 2. The molecule has 32 heavy (non-hydrogen) atoms. The van der Waals surface area contributed by atoms with Crippen molar-refractivity contribution in [2.45, 2.75) is 38.1 Å². The van der Waals surface area contributed by atoms with Crippen LogP contribution in [0.25, 0.3) is 11.3 Å². The van der Waals surface area contributed by atoms with Gasteiger partial charge in [-0.2, -0.15) is 5.01 Å². The van der Waals surface area contributed by atoms with E-state index >= 15 is 0 Å². The molecule has 3 N–H and O–H groups in total. The zero-order valence-electron chi connectivity index (χ0n) is 17.4. The van der Waals surface area contributed by atoms with E-state index in [1.807, 2.05) is 6.07 Å². The fourth-order valence-electron chi connectivity index (χ4n) is 3.57. The largest absolute Gasteiger partial charge is 0.347 e. The third kappa shape index (κ3) is 5.61. The molecular formula is C23H24FN5O2S. The van der Waals surface area contributed by atoms with Gasteiger partial charge in [-0.1, -0.05) is 37.5 Å². The third-order valence-corrected chi connectivity index (χ3v) is 6.03. The van der Waals surface area contributed by atoms with E-state index in [-0.39, 0.29) is 17.0 Å². The lowest BCUT2D eigenvalue weighted by Crippen LogP contribution is -2.54. The number of hydrogen-bond donors (Lipinski definition) is 3. The zero-order valence-corrected chi connectivity index (χ0v) is 18.2. The number of urea groups is 2. The van der Waals surface area contributed by atoms with E-state index in [1.54, 1.807) is 41.8 Å². The Labute approximate surface area is 189 Å². The number of para-hydroxylation sites is 1. The lowest BCUT2D eigenvalue weighted by atomic mass is 9.96. The number of thiazole rings is 1. The third-order valence-electron chi connectivity index (χ3n) is 5.21. The highest BCUT2D eigenvalue weighted by Gasteiger charge is 2.24. The van der Waals surface area contributed by atoms with Gasteiger partial charge < -0.3 is 10.6 Å². The molecule has 0 unspecified atom stereocenters. The first-order chi connectivity index (χ1) is 15.6. The summed E-state index contributed by atoms with van der Waals surface area (Å²) in [6.07, 6.45) is 5.19. The van der Waals surface area contributed by atoms with E-state index in [4.69, 9.17) is 0 Å². The van der Waals surface area contributed by atoms with Gasteiger partial charge in [0.1, 0.15) is 5.82 Å². The maximum absolute atomic E-state index is 13.3. The molecule has 0 radical (unpaired) electrons. The fourth-order valence-corrected chi connectivity index (χ4v) is 4.36. The van der Waals surface area contributed by atoms with Gasteiger partial charge in [-0.05, 0) is 49.2 Å². The van der Waals surface area contributed by atoms with Gasteiger partial charge in [0.2, 0.25) is 5.13 Å². The van der Waals surface area contributed by atoms with Crippen LogP contribution in [0.4, 0.5) is 24.8 Å². The van der Waals surface area contributed by atoms with Crippen molar-refractivity contribution >= 4 is 34.2 Å². The number of hydrogen-bond acceptors (Lipinski definition) is 4. The topological polar surface area (TPSA) is 86.4 Å². The van der Waals surface area contributed by atoms with Gasteiger partial charge in [0.05, 0.1) is 5.69 Å². The van der Waals surface area contributed by atoms with Crippen molar-refractivity contribution in [1.29, 1.82) is 0 Å². The van der Waals surface area contributed by atoms with Gasteiger partial charge in [0, 0.05) is 22.7 Å². The Balaban J connectivity index is 1.53. The van der Waals surface area contributed by atoms with Crippen LogP contribution in [-0.2, 0) is 0 Å². The Bertz CT molecular complexity index is 1050. The van der Waals surface area contributed by atoms with Gasteiger partial charge in [0.25, 0.3) is 0 Å². The van der Waals surface area contributed by atoms with Crippen molar-refractivity contribution in [2.24, 2.45) is 0 Å². The molecule has 0 aliphatic heterocycles. The lowest BCUT2D eigenvalue weighted by Gasteiger charge is -2.26. The molecule has 0 atom stereocenters. The first-order valence-corrected chi connectivity index (χ1v) is 11.4. The average Bonchev–Trinajstić information content (AvgIpc) is 3.29. The SMILES string of the molecule is O=C(NC1CCCCC1)NN(C(=O)Nc1ccccc1)c1nc(-c2ccc(F)cc2)cs1. The van der Waals surface area contributed by atoms with Crippen LogP contribution in [0.15, 0.2) is 60.0 Å². The van der Waals surface area contributed by atoms with Gasteiger partial charge in [-0.25, -0.2) is 24.4 Å². The Kier molecular flexibility index (Phi) is 6.96. The lowest BCUT2D eigenvalue weighted by molar-refractivity contribution is 0.228. The molecule has 1 saturated carbocycles. The Morgan fingerprint density at radius 2 is 1.72 bits per heavy atom. The van der Waals surface area contributed by atoms with E-state index in [0.29, 0.717) is 16.9 Å². The highest BCUT2D eigenvalue weighted by Crippen LogP contribution is 2.27. The molecule has 1 aliphatic carbocycles. The van der Waals surface area contributed by atoms with E-state index in [0.717, 1.165) is 30.7 Å². The van der Waals surface area contributed by atoms with Crippen molar-refractivity contribution < 1.29 is 14.0 Å². The van der Waals surface area contributed by atoms with Crippen LogP contribution < -0.4 is 21.1 Å². The van der Waals surface area contributed by atoms with Crippen LogP contribution in [0.5, 0.6) is 0 Å². The van der Waals surface area contributed by atoms with Crippen LogP contribution >= 0.6 is 11.3 Å². The molecule has 9 heteroatoms. The minimum absolute atomic E-state index is 0.0915. The highest BCUT2D eigenvalue weighted by atomic mass is 32.1. The van der Waals surface area contributed by atoms with Gasteiger partial charge in [-0.15, -0.1) is 11.3 Å². The monoisotopic (exact) mass is 453 g/mol. The number of amides is 4. The average molecular weight is 454 g/mol. The molecule has 4 rings (SSSR count). The van der Waals surface area contributed by atoms with Crippen LogP contribution in [-0.4, -0.2) is 23.1 Å². The Morgan fingerprint density at radius 1 is 1.00 bits per heavy atom. The summed E-state index contributed by atoms with van der Waals surface area (Å²) in [5.41, 5.74) is 4.52. The summed E-state index contributed by atoms with van der Waals surface area (Å²) >= 11 is 1.20. The summed E-state index contributed by atoms with van der Waals surface area (Å²) in [7, 11) is 0. The minimum Gasteiger partial charge on any atom is -0.334 e. The number of nitrogens with zero attached hydrogens (tertiary/aromatic N) is 2. The molecule has 1 aromatic heterocycles. The number of carbonyl (C=O) groups is 2. The number of rotatable bonds is 4. The smallest absolute Gasteiger partial charge is 0.334 e. The minimum atomic E-state index is -0.546. The summed E-state index contributed by atoms with van der Waals surface area (Å²) in [6, 6.07) is 14.0. The molecule has 4 amide bonds. The summed E-state index contributed by atoms with van der Waals surface area (Å²) in [6.45, 7) is 0. The second-order valence-electron chi connectivity index (χ2n) is 7.57. The van der Waals surface area contributed by atoms with Crippen LogP contribution in [0.3, 0.4) is 0 Å². The predicted octanol–water partition coefficient (Wildman–Crippen LogP) is 5.53. The van der Waals surface area contributed by atoms with E-state index < -0.39 is 12.1 Å². The standard InChI is InChI=1S/C23H24FN5O2S/c24-17-13-11-16(12-14-17)20-15-32-23(27-20)29(22(31)26-19-9-5-2-6-10-19)28-21(30)25-18-7-3-1-4-8-18/h2,5-6,9-15,18H,1,3-4,7-8H2,(H,26,31)(H2,25,28,30). The molecule has 2 aromatic carbocycles. The number of anilines is 2. The molecule has 1 heterocycles. The maximum atomic E-state index is 13.3. The molecule has 0 bridgehead atoms. The quantitative estimate of drug-likeness (QED) is 0.454. The second-order valence-corrected chi connectivity index (χ2v) is 8.41.